The summed E-state index contributed by atoms with van der Waals surface area (Å²) in [6, 6.07) is 0. The van der Waals surface area contributed by atoms with Gasteiger partial charge in [0.15, 0.2) is 0 Å². The van der Waals surface area contributed by atoms with E-state index in [0.717, 1.165) is 6.42 Å². The zero-order valence-corrected chi connectivity index (χ0v) is 10.9. The molecule has 17 heavy (non-hydrogen) atoms. The molecule has 0 aliphatic heterocycles. The van der Waals surface area contributed by atoms with Crippen molar-refractivity contribution in [2.45, 2.75) is 57.8 Å². The van der Waals surface area contributed by atoms with Crippen molar-refractivity contribution in [3.8, 4) is 0 Å². The molecule has 1 radical (unpaired) electrons. The third kappa shape index (κ3) is 9.86. The Morgan fingerprint density at radius 3 is 2.12 bits per heavy atom. The van der Waals surface area contributed by atoms with Gasteiger partial charge < -0.3 is 0 Å². The van der Waals surface area contributed by atoms with E-state index in [0.29, 0.717) is 0 Å². The normalized spacial score (nSPS) is 27.8. The quantitative estimate of drug-likeness (QED) is 0.511. The SMILES string of the molecule is [C]1=C/C=C/C=C\C=C\CCCCCCCCC/1. The van der Waals surface area contributed by atoms with Crippen LogP contribution in [0.15, 0.2) is 42.5 Å². The minimum Gasteiger partial charge on any atom is -0.0845 e. The van der Waals surface area contributed by atoms with Crippen LogP contribution in [-0.2, 0) is 0 Å². The number of allylic oxidation sites excluding steroid dienone is 8. The topological polar surface area (TPSA) is 0 Å². The Balaban J connectivity index is 2.29. The lowest BCUT2D eigenvalue weighted by Gasteiger charge is -1.99. The van der Waals surface area contributed by atoms with Gasteiger partial charge in [-0.3, -0.25) is 0 Å². The molecule has 0 aromatic carbocycles. The van der Waals surface area contributed by atoms with E-state index in [9.17, 15) is 0 Å². The highest BCUT2D eigenvalue weighted by molar-refractivity contribution is 5.14. The molecule has 0 aromatic heterocycles. The minimum absolute atomic E-state index is 1.11. The zero-order valence-electron chi connectivity index (χ0n) is 10.9. The van der Waals surface area contributed by atoms with E-state index in [-0.39, 0.29) is 0 Å². The molecule has 0 heterocycles. The fourth-order valence-corrected chi connectivity index (χ4v) is 1.95. The summed E-state index contributed by atoms with van der Waals surface area (Å²) < 4.78 is 0. The maximum atomic E-state index is 3.32. The van der Waals surface area contributed by atoms with Crippen LogP contribution in [0, 0.1) is 6.08 Å². The molecule has 0 bridgehead atoms. The first-order valence-electron chi connectivity index (χ1n) is 7.05. The fourth-order valence-electron chi connectivity index (χ4n) is 1.95. The second kappa shape index (κ2) is 11.4. The van der Waals surface area contributed by atoms with Gasteiger partial charge in [0, 0.05) is 0 Å². The summed E-state index contributed by atoms with van der Waals surface area (Å²) in [5, 5.41) is 0. The second-order valence-corrected chi connectivity index (χ2v) is 4.58. The standard InChI is InChI=1S/C17H25/c1-2-4-6-8-10-12-14-16-17-15-13-11-9-7-5-3-1/h1-7H,8,10-17H2/b2-1-,5-3+,6-4+,9-7?. The van der Waals surface area contributed by atoms with Crippen molar-refractivity contribution < 1.29 is 0 Å². The Morgan fingerprint density at radius 1 is 0.588 bits per heavy atom. The summed E-state index contributed by atoms with van der Waals surface area (Å²) in [6.07, 6.45) is 30.0. The highest BCUT2D eigenvalue weighted by atomic mass is 14.0. The molecule has 0 saturated carbocycles. The van der Waals surface area contributed by atoms with E-state index >= 15 is 0 Å². The molecule has 0 heteroatoms. The largest absolute Gasteiger partial charge is 0.0845 e. The highest BCUT2D eigenvalue weighted by Crippen LogP contribution is 2.10. The average Bonchev–Trinajstić information content (AvgIpc) is 2.35. The van der Waals surface area contributed by atoms with Crippen molar-refractivity contribution in [1.29, 1.82) is 0 Å². The van der Waals surface area contributed by atoms with Crippen LogP contribution in [0.3, 0.4) is 0 Å². The second-order valence-electron chi connectivity index (χ2n) is 4.58. The van der Waals surface area contributed by atoms with Crippen LogP contribution < -0.4 is 0 Å². The van der Waals surface area contributed by atoms with Gasteiger partial charge in [-0.1, -0.05) is 74.6 Å². The molecular formula is C17H25. The van der Waals surface area contributed by atoms with Gasteiger partial charge in [0.05, 0.1) is 0 Å². The van der Waals surface area contributed by atoms with Crippen molar-refractivity contribution >= 4 is 0 Å². The van der Waals surface area contributed by atoms with E-state index in [4.69, 9.17) is 0 Å². The number of hydrogen-bond acceptors (Lipinski definition) is 0. The molecule has 0 fully saturated rings. The third-order valence-corrected chi connectivity index (χ3v) is 2.99. The van der Waals surface area contributed by atoms with Crippen LogP contribution in [0.1, 0.15) is 57.8 Å². The smallest absolute Gasteiger partial charge is 0.0276 e. The molecule has 93 valence electrons. The van der Waals surface area contributed by atoms with E-state index in [1.807, 2.05) is 6.08 Å². The molecule has 0 spiro atoms. The molecule has 0 atom stereocenters. The van der Waals surface area contributed by atoms with Gasteiger partial charge in [0.25, 0.3) is 0 Å². The Labute approximate surface area is 107 Å². The van der Waals surface area contributed by atoms with Gasteiger partial charge >= 0.3 is 0 Å². The third-order valence-electron chi connectivity index (χ3n) is 2.99. The van der Waals surface area contributed by atoms with Crippen LogP contribution in [0.4, 0.5) is 0 Å². The molecule has 0 saturated heterocycles. The van der Waals surface area contributed by atoms with E-state index in [2.05, 4.69) is 42.5 Å². The molecule has 0 nitrogen and oxygen atoms in total. The van der Waals surface area contributed by atoms with E-state index < -0.39 is 0 Å². The summed E-state index contributed by atoms with van der Waals surface area (Å²) in [6.45, 7) is 0. The van der Waals surface area contributed by atoms with Gasteiger partial charge in [0.2, 0.25) is 0 Å². The van der Waals surface area contributed by atoms with Crippen LogP contribution in [0.2, 0.25) is 0 Å². The van der Waals surface area contributed by atoms with Crippen molar-refractivity contribution in [2.24, 2.45) is 0 Å². The molecule has 0 aromatic rings. The van der Waals surface area contributed by atoms with Crippen LogP contribution in [0.5, 0.6) is 0 Å². The molecule has 1 rings (SSSR count). The molecular weight excluding hydrogens is 204 g/mol. The number of rotatable bonds is 0. The van der Waals surface area contributed by atoms with Crippen LogP contribution in [-0.4, -0.2) is 0 Å². The van der Waals surface area contributed by atoms with Gasteiger partial charge in [-0.15, -0.1) is 0 Å². The van der Waals surface area contributed by atoms with Crippen molar-refractivity contribution in [3.05, 3.63) is 48.6 Å². The van der Waals surface area contributed by atoms with Gasteiger partial charge in [-0.05, 0) is 31.8 Å². The Bertz CT molecular complexity index is 238. The minimum atomic E-state index is 1.11. The van der Waals surface area contributed by atoms with Gasteiger partial charge in [-0.25, -0.2) is 0 Å². The van der Waals surface area contributed by atoms with Crippen LogP contribution in [0.25, 0.3) is 0 Å². The van der Waals surface area contributed by atoms with E-state index in [1.54, 1.807) is 0 Å². The molecule has 0 amide bonds. The van der Waals surface area contributed by atoms with Crippen molar-refractivity contribution in [2.75, 3.05) is 0 Å². The fraction of sp³-hybridized carbons (Fsp3) is 0.529. The lowest BCUT2D eigenvalue weighted by molar-refractivity contribution is 0.582. The lowest BCUT2D eigenvalue weighted by atomic mass is 10.1. The summed E-state index contributed by atoms with van der Waals surface area (Å²) >= 11 is 0. The zero-order chi connectivity index (χ0) is 12.0. The molecule has 1 aliphatic rings. The van der Waals surface area contributed by atoms with E-state index in [1.165, 1.54) is 51.4 Å². The highest BCUT2D eigenvalue weighted by Gasteiger charge is 1.90. The summed E-state index contributed by atoms with van der Waals surface area (Å²) in [5.41, 5.74) is 0. The Kier molecular flexibility index (Phi) is 9.44. The first kappa shape index (κ1) is 14.0. The average molecular weight is 229 g/mol. The first-order chi connectivity index (χ1) is 8.50. The van der Waals surface area contributed by atoms with Crippen LogP contribution >= 0.6 is 0 Å². The monoisotopic (exact) mass is 229 g/mol. The van der Waals surface area contributed by atoms with Gasteiger partial charge in [-0.2, -0.15) is 0 Å². The molecule has 0 unspecified atom stereocenters. The summed E-state index contributed by atoms with van der Waals surface area (Å²) in [4.78, 5) is 0. The maximum absolute atomic E-state index is 3.32. The maximum Gasteiger partial charge on any atom is -0.0276 e. The predicted molar refractivity (Wildman–Crippen MR) is 76.8 cm³/mol. The summed E-state index contributed by atoms with van der Waals surface area (Å²) in [7, 11) is 0. The summed E-state index contributed by atoms with van der Waals surface area (Å²) in [5.74, 6) is 0. The number of hydrogen-bond donors (Lipinski definition) is 0. The Morgan fingerprint density at radius 2 is 1.24 bits per heavy atom. The Hall–Kier alpha value is -1.04. The van der Waals surface area contributed by atoms with Crippen molar-refractivity contribution in [3.63, 3.8) is 0 Å². The molecule has 0 N–H and O–H groups in total. The van der Waals surface area contributed by atoms with Crippen molar-refractivity contribution in [1.82, 2.24) is 0 Å². The van der Waals surface area contributed by atoms with Gasteiger partial charge in [0.1, 0.15) is 0 Å². The lowest BCUT2D eigenvalue weighted by Crippen LogP contribution is -1.80. The first-order valence-corrected chi connectivity index (χ1v) is 7.05. The molecule has 1 aliphatic carbocycles. The predicted octanol–water partition coefficient (Wildman–Crippen LogP) is 5.54.